The molecule has 0 aliphatic heterocycles. The highest BCUT2D eigenvalue weighted by Crippen LogP contribution is 2.48. The lowest BCUT2D eigenvalue weighted by Gasteiger charge is -2.37. The van der Waals surface area contributed by atoms with Crippen LogP contribution in [-0.2, 0) is 4.79 Å². The summed E-state index contributed by atoms with van der Waals surface area (Å²) in [4.78, 5) is 12.9. The van der Waals surface area contributed by atoms with Crippen LogP contribution >= 0.6 is 0 Å². The number of carbonyl (C=O) groups is 1. The van der Waals surface area contributed by atoms with E-state index in [9.17, 15) is 33.4 Å². The van der Waals surface area contributed by atoms with Gasteiger partial charge in [-0.25, -0.2) is 0 Å². The monoisotopic (exact) mass is 432 g/mol. The molecule has 0 unspecified atom stereocenters. The second kappa shape index (κ2) is 9.08. The molecule has 164 valence electrons. The minimum absolute atomic E-state index is 0.0989. The molecule has 3 rings (SSSR count). The van der Waals surface area contributed by atoms with E-state index >= 15 is 0 Å². The van der Waals surface area contributed by atoms with Crippen LogP contribution in [0, 0.1) is 11.3 Å². The van der Waals surface area contributed by atoms with Gasteiger partial charge in [-0.3, -0.25) is 4.79 Å². The number of rotatable bonds is 7. The molecule has 0 heterocycles. The first-order chi connectivity index (χ1) is 14.7. The van der Waals surface area contributed by atoms with Crippen molar-refractivity contribution in [2.24, 2.45) is 0 Å². The zero-order chi connectivity index (χ0) is 22.8. The SMILES string of the molecule is CCCC[C@H](O)[C@@H](O)[C@H](C#N)N(C(=O)C(F)(F)F)C1c2ccccc2-c2ccccc21. The summed E-state index contributed by atoms with van der Waals surface area (Å²) in [5, 5.41) is 30.6. The summed E-state index contributed by atoms with van der Waals surface area (Å²) < 4.78 is 40.9. The predicted octanol–water partition coefficient (Wildman–Crippen LogP) is 3.95. The molecular weight excluding hydrogens is 409 g/mol. The van der Waals surface area contributed by atoms with Crippen LogP contribution in [0.4, 0.5) is 13.2 Å². The van der Waals surface area contributed by atoms with Gasteiger partial charge in [-0.1, -0.05) is 68.3 Å². The van der Waals surface area contributed by atoms with Crippen molar-refractivity contribution in [2.45, 2.75) is 56.7 Å². The van der Waals surface area contributed by atoms with E-state index in [1.54, 1.807) is 54.6 Å². The molecule has 0 bridgehead atoms. The van der Waals surface area contributed by atoms with E-state index in [1.807, 2.05) is 6.92 Å². The standard InChI is InChI=1S/C23H23F3N2O3/c1-2-3-12-19(29)21(30)18(13-27)28(22(31)23(24,25)26)20-16-10-6-4-8-14(16)15-9-5-7-11-17(15)20/h4-11,18-21,29-30H,2-3,12H2,1H3/t18-,19-,21-/m0/s1. The van der Waals surface area contributed by atoms with E-state index in [0.717, 1.165) is 0 Å². The molecule has 5 nitrogen and oxygen atoms in total. The lowest BCUT2D eigenvalue weighted by atomic mass is 9.95. The number of unbranched alkanes of at least 4 members (excludes halogenated alkanes) is 1. The van der Waals surface area contributed by atoms with Crippen molar-refractivity contribution in [1.29, 1.82) is 5.26 Å². The van der Waals surface area contributed by atoms with Gasteiger partial charge in [-0.2, -0.15) is 18.4 Å². The molecular formula is C23H23F3N2O3. The third kappa shape index (κ3) is 4.29. The molecule has 31 heavy (non-hydrogen) atoms. The molecule has 2 N–H and O–H groups in total. The largest absolute Gasteiger partial charge is 0.471 e. The first kappa shape index (κ1) is 22.8. The number of halogens is 3. The molecule has 0 fully saturated rings. The fraction of sp³-hybridized carbons (Fsp3) is 0.391. The van der Waals surface area contributed by atoms with Gasteiger partial charge < -0.3 is 15.1 Å². The number of nitrogens with zero attached hydrogens (tertiary/aromatic N) is 2. The quantitative estimate of drug-likeness (QED) is 0.694. The van der Waals surface area contributed by atoms with Gasteiger partial charge in [-0.15, -0.1) is 0 Å². The highest BCUT2D eigenvalue weighted by atomic mass is 19.4. The summed E-state index contributed by atoms with van der Waals surface area (Å²) in [6, 6.07) is 11.9. The number of hydrogen-bond acceptors (Lipinski definition) is 4. The molecule has 1 aliphatic carbocycles. The van der Waals surface area contributed by atoms with Gasteiger partial charge in [0.2, 0.25) is 0 Å². The van der Waals surface area contributed by atoms with Gasteiger partial charge >= 0.3 is 12.1 Å². The number of nitriles is 1. The third-order valence-electron chi connectivity index (χ3n) is 5.56. The normalized spacial score (nSPS) is 16.0. The van der Waals surface area contributed by atoms with E-state index in [-0.39, 0.29) is 6.42 Å². The highest BCUT2D eigenvalue weighted by Gasteiger charge is 2.51. The van der Waals surface area contributed by atoms with Crippen LogP contribution in [0.5, 0.6) is 0 Å². The number of benzene rings is 2. The second-order valence-corrected chi connectivity index (χ2v) is 7.56. The summed E-state index contributed by atoms with van der Waals surface area (Å²) >= 11 is 0. The molecule has 0 saturated carbocycles. The fourth-order valence-corrected chi connectivity index (χ4v) is 4.08. The average Bonchev–Trinajstić information content (AvgIpc) is 3.08. The van der Waals surface area contributed by atoms with Crippen LogP contribution in [-0.4, -0.2) is 45.4 Å². The van der Waals surface area contributed by atoms with Gasteiger partial charge in [0.05, 0.1) is 18.2 Å². The third-order valence-corrected chi connectivity index (χ3v) is 5.56. The van der Waals surface area contributed by atoms with Gasteiger partial charge in [0, 0.05) is 0 Å². The maximum atomic E-state index is 13.6. The number of alkyl halides is 3. The predicted molar refractivity (Wildman–Crippen MR) is 108 cm³/mol. The Morgan fingerprint density at radius 3 is 2.06 bits per heavy atom. The maximum absolute atomic E-state index is 13.6. The lowest BCUT2D eigenvalue weighted by molar-refractivity contribution is -0.191. The van der Waals surface area contributed by atoms with Crippen LogP contribution in [0.2, 0.25) is 0 Å². The Hall–Kier alpha value is -2.89. The van der Waals surface area contributed by atoms with Gasteiger partial charge in [0.15, 0.2) is 0 Å². The number of aliphatic hydroxyl groups excluding tert-OH is 2. The van der Waals surface area contributed by atoms with Crippen molar-refractivity contribution < 1.29 is 28.2 Å². The smallest absolute Gasteiger partial charge is 0.390 e. The number of aliphatic hydroxyl groups is 2. The summed E-state index contributed by atoms with van der Waals surface area (Å²) in [5.41, 5.74) is 2.16. The molecule has 1 amide bonds. The molecule has 2 aromatic carbocycles. The summed E-state index contributed by atoms with van der Waals surface area (Å²) in [7, 11) is 0. The van der Waals surface area contributed by atoms with Crippen molar-refractivity contribution in [2.75, 3.05) is 0 Å². The summed E-state index contributed by atoms with van der Waals surface area (Å²) in [6.07, 6.45) is -7.27. The highest BCUT2D eigenvalue weighted by molar-refractivity contribution is 5.87. The molecule has 0 spiro atoms. The Morgan fingerprint density at radius 1 is 1.10 bits per heavy atom. The maximum Gasteiger partial charge on any atom is 0.471 e. The average molecular weight is 432 g/mol. The number of carbonyl (C=O) groups excluding carboxylic acids is 1. The molecule has 1 aliphatic rings. The molecule has 8 heteroatoms. The van der Waals surface area contributed by atoms with Crippen LogP contribution < -0.4 is 0 Å². The van der Waals surface area contributed by atoms with Crippen molar-refractivity contribution in [3.8, 4) is 17.2 Å². The van der Waals surface area contributed by atoms with Crippen molar-refractivity contribution in [3.63, 3.8) is 0 Å². The molecule has 0 saturated heterocycles. The van der Waals surface area contributed by atoms with Crippen LogP contribution in [0.15, 0.2) is 48.5 Å². The van der Waals surface area contributed by atoms with Crippen LogP contribution in [0.3, 0.4) is 0 Å². The van der Waals surface area contributed by atoms with E-state index in [4.69, 9.17) is 0 Å². The van der Waals surface area contributed by atoms with E-state index in [1.165, 1.54) is 0 Å². The zero-order valence-corrected chi connectivity index (χ0v) is 16.9. The Labute approximate surface area is 178 Å². The second-order valence-electron chi connectivity index (χ2n) is 7.56. The van der Waals surface area contributed by atoms with Crippen molar-refractivity contribution >= 4 is 5.91 Å². The van der Waals surface area contributed by atoms with Crippen molar-refractivity contribution in [3.05, 3.63) is 59.7 Å². The fourth-order valence-electron chi connectivity index (χ4n) is 4.08. The van der Waals surface area contributed by atoms with E-state index in [2.05, 4.69) is 0 Å². The summed E-state index contributed by atoms with van der Waals surface area (Å²) in [5.74, 6) is -2.24. The Kier molecular flexibility index (Phi) is 6.68. The molecule has 0 radical (unpaired) electrons. The molecule has 3 atom stereocenters. The Bertz CT molecular complexity index is 941. The lowest BCUT2D eigenvalue weighted by Crippen LogP contribution is -2.55. The van der Waals surface area contributed by atoms with E-state index in [0.29, 0.717) is 40.0 Å². The minimum atomic E-state index is -5.27. The van der Waals surface area contributed by atoms with Gasteiger partial charge in [-0.05, 0) is 28.7 Å². The zero-order valence-electron chi connectivity index (χ0n) is 16.9. The summed E-state index contributed by atoms with van der Waals surface area (Å²) in [6.45, 7) is 1.85. The number of hydrogen-bond donors (Lipinski definition) is 2. The van der Waals surface area contributed by atoms with Gasteiger partial charge in [0.25, 0.3) is 0 Å². The van der Waals surface area contributed by atoms with Crippen molar-refractivity contribution in [1.82, 2.24) is 4.90 Å². The number of amides is 1. The minimum Gasteiger partial charge on any atom is -0.390 e. The Balaban J connectivity index is 2.15. The molecule has 0 aromatic heterocycles. The van der Waals surface area contributed by atoms with Crippen LogP contribution in [0.25, 0.3) is 11.1 Å². The van der Waals surface area contributed by atoms with Gasteiger partial charge in [0.1, 0.15) is 12.1 Å². The van der Waals surface area contributed by atoms with Crippen LogP contribution in [0.1, 0.15) is 43.4 Å². The molecule has 2 aromatic rings. The van der Waals surface area contributed by atoms with E-state index < -0.39 is 36.4 Å². The Morgan fingerprint density at radius 2 is 1.61 bits per heavy atom. The first-order valence-electron chi connectivity index (χ1n) is 10.1. The first-order valence-corrected chi connectivity index (χ1v) is 10.1. The number of fused-ring (bicyclic) bond motifs is 3. The topological polar surface area (TPSA) is 84.6 Å².